The van der Waals surface area contributed by atoms with Crippen molar-refractivity contribution in [2.75, 3.05) is 5.32 Å². The third-order valence-electron chi connectivity index (χ3n) is 2.68. The van der Waals surface area contributed by atoms with Crippen LogP contribution in [0.5, 0.6) is 0 Å². The number of anilines is 1. The largest absolute Gasteiger partial charge is 0.325 e. The van der Waals surface area contributed by atoms with Crippen molar-refractivity contribution < 1.29 is 9.18 Å². The minimum Gasteiger partial charge on any atom is -0.325 e. The van der Waals surface area contributed by atoms with Gasteiger partial charge in [-0.15, -0.1) is 0 Å². The normalized spacial score (nSPS) is 9.85. The Bertz CT molecular complexity index is 695. The van der Waals surface area contributed by atoms with Gasteiger partial charge in [-0.1, -0.05) is 28.1 Å². The summed E-state index contributed by atoms with van der Waals surface area (Å²) in [5.74, 6) is -0.804. The average molecular weight is 333 g/mol. The molecular formula is C15H10BrFN2O. The van der Waals surface area contributed by atoms with Crippen LogP contribution in [0.15, 0.2) is 46.9 Å². The van der Waals surface area contributed by atoms with Crippen LogP contribution in [-0.2, 0) is 11.2 Å². The van der Waals surface area contributed by atoms with Crippen molar-refractivity contribution in [3.05, 3.63) is 63.9 Å². The van der Waals surface area contributed by atoms with Gasteiger partial charge in [0.15, 0.2) is 0 Å². The van der Waals surface area contributed by atoms with Crippen LogP contribution < -0.4 is 5.32 Å². The molecule has 2 aromatic carbocycles. The van der Waals surface area contributed by atoms with E-state index >= 15 is 0 Å². The summed E-state index contributed by atoms with van der Waals surface area (Å²) in [5.41, 5.74) is 1.09. The molecule has 3 nitrogen and oxygen atoms in total. The fourth-order valence-corrected chi connectivity index (χ4v) is 2.14. The van der Waals surface area contributed by atoms with Crippen LogP contribution in [0.2, 0.25) is 0 Å². The highest BCUT2D eigenvalue weighted by atomic mass is 79.9. The van der Waals surface area contributed by atoms with E-state index in [2.05, 4.69) is 21.2 Å². The third-order valence-corrected chi connectivity index (χ3v) is 3.17. The zero-order chi connectivity index (χ0) is 14.5. The highest BCUT2D eigenvalue weighted by Crippen LogP contribution is 2.18. The molecule has 0 atom stereocenters. The molecule has 0 saturated carbocycles. The van der Waals surface area contributed by atoms with Gasteiger partial charge in [-0.3, -0.25) is 4.79 Å². The first kappa shape index (κ1) is 14.2. The van der Waals surface area contributed by atoms with E-state index in [9.17, 15) is 9.18 Å². The van der Waals surface area contributed by atoms with Gasteiger partial charge >= 0.3 is 0 Å². The molecule has 0 bridgehead atoms. The second-order valence-electron chi connectivity index (χ2n) is 4.12. The maximum absolute atomic E-state index is 13.6. The molecule has 0 unspecified atom stereocenters. The standard InChI is InChI=1S/C15H10BrFN2O/c16-12-5-6-13(17)11(7-12)8-15(20)19-14-4-2-1-3-10(14)9-18/h1-7H,8H2,(H,19,20). The Morgan fingerprint density at radius 3 is 2.80 bits per heavy atom. The Kier molecular flexibility index (Phi) is 4.49. The molecule has 0 heterocycles. The molecule has 0 aliphatic heterocycles. The topological polar surface area (TPSA) is 52.9 Å². The number of amides is 1. The summed E-state index contributed by atoms with van der Waals surface area (Å²) in [4.78, 5) is 11.9. The van der Waals surface area contributed by atoms with Crippen molar-refractivity contribution in [3.63, 3.8) is 0 Å². The molecule has 20 heavy (non-hydrogen) atoms. The van der Waals surface area contributed by atoms with Gasteiger partial charge in [-0.2, -0.15) is 5.26 Å². The van der Waals surface area contributed by atoms with Gasteiger partial charge < -0.3 is 5.32 Å². The summed E-state index contributed by atoms with van der Waals surface area (Å²) < 4.78 is 14.3. The van der Waals surface area contributed by atoms with Crippen LogP contribution in [-0.4, -0.2) is 5.91 Å². The molecule has 5 heteroatoms. The summed E-state index contributed by atoms with van der Waals surface area (Å²) in [6, 6.07) is 13.1. The van der Waals surface area contributed by atoms with Gasteiger partial charge in [0.2, 0.25) is 5.91 Å². The molecule has 0 saturated heterocycles. The zero-order valence-electron chi connectivity index (χ0n) is 10.4. The molecule has 0 aliphatic rings. The first-order chi connectivity index (χ1) is 9.60. The van der Waals surface area contributed by atoms with Gasteiger partial charge in [0.1, 0.15) is 11.9 Å². The molecule has 0 fully saturated rings. The molecule has 0 aromatic heterocycles. The average Bonchev–Trinajstić information content (AvgIpc) is 2.43. The van der Waals surface area contributed by atoms with Crippen LogP contribution in [0.4, 0.5) is 10.1 Å². The van der Waals surface area contributed by atoms with Crippen molar-refractivity contribution in [2.45, 2.75) is 6.42 Å². The summed E-state index contributed by atoms with van der Waals surface area (Å²) >= 11 is 3.23. The molecule has 0 radical (unpaired) electrons. The van der Waals surface area contributed by atoms with Crippen LogP contribution in [0, 0.1) is 17.1 Å². The lowest BCUT2D eigenvalue weighted by molar-refractivity contribution is -0.115. The summed E-state index contributed by atoms with van der Waals surface area (Å²) in [6.45, 7) is 0. The van der Waals surface area contributed by atoms with E-state index in [1.165, 1.54) is 6.07 Å². The van der Waals surface area contributed by atoms with E-state index < -0.39 is 5.82 Å². The van der Waals surface area contributed by atoms with E-state index in [0.29, 0.717) is 21.3 Å². The zero-order valence-corrected chi connectivity index (χ0v) is 11.9. The number of para-hydroxylation sites is 1. The van der Waals surface area contributed by atoms with Gasteiger partial charge in [-0.25, -0.2) is 4.39 Å². The fourth-order valence-electron chi connectivity index (χ4n) is 1.74. The smallest absolute Gasteiger partial charge is 0.228 e. The first-order valence-corrected chi connectivity index (χ1v) is 6.62. The summed E-state index contributed by atoms with van der Waals surface area (Å²) in [6.07, 6.45) is -0.0922. The van der Waals surface area contributed by atoms with Crippen molar-refractivity contribution in [3.8, 4) is 6.07 Å². The van der Waals surface area contributed by atoms with Crippen LogP contribution in [0.25, 0.3) is 0 Å². The quantitative estimate of drug-likeness (QED) is 0.932. The number of hydrogen-bond acceptors (Lipinski definition) is 2. The number of rotatable bonds is 3. The van der Waals surface area contributed by atoms with Gasteiger partial charge in [-0.05, 0) is 35.9 Å². The monoisotopic (exact) mass is 332 g/mol. The van der Waals surface area contributed by atoms with Crippen LogP contribution in [0.1, 0.15) is 11.1 Å². The van der Waals surface area contributed by atoms with Crippen molar-refractivity contribution in [2.24, 2.45) is 0 Å². The summed E-state index contributed by atoms with van der Waals surface area (Å²) in [7, 11) is 0. The number of hydrogen-bond donors (Lipinski definition) is 1. The highest BCUT2D eigenvalue weighted by molar-refractivity contribution is 9.10. The molecule has 100 valence electrons. The minimum absolute atomic E-state index is 0.0922. The summed E-state index contributed by atoms with van der Waals surface area (Å²) in [5, 5.41) is 11.5. The Hall–Kier alpha value is -2.19. The molecule has 0 spiro atoms. The number of halogens is 2. The van der Waals surface area contributed by atoms with E-state index in [-0.39, 0.29) is 12.3 Å². The maximum Gasteiger partial charge on any atom is 0.228 e. The Labute approximate surface area is 124 Å². The minimum atomic E-state index is -0.433. The fraction of sp³-hybridized carbons (Fsp3) is 0.0667. The first-order valence-electron chi connectivity index (χ1n) is 5.83. The van der Waals surface area contributed by atoms with E-state index in [1.807, 2.05) is 6.07 Å². The highest BCUT2D eigenvalue weighted by Gasteiger charge is 2.10. The Morgan fingerprint density at radius 1 is 1.30 bits per heavy atom. The van der Waals surface area contributed by atoms with Gasteiger partial charge in [0.05, 0.1) is 17.7 Å². The van der Waals surface area contributed by atoms with Gasteiger partial charge in [0.25, 0.3) is 0 Å². The number of carbonyl (C=O) groups is 1. The van der Waals surface area contributed by atoms with E-state index in [0.717, 1.165) is 0 Å². The second kappa shape index (κ2) is 6.31. The number of nitrogens with zero attached hydrogens (tertiary/aromatic N) is 1. The Morgan fingerprint density at radius 2 is 2.05 bits per heavy atom. The Balaban J connectivity index is 2.14. The van der Waals surface area contributed by atoms with E-state index in [1.54, 1.807) is 36.4 Å². The van der Waals surface area contributed by atoms with Crippen molar-refractivity contribution in [1.82, 2.24) is 0 Å². The number of benzene rings is 2. The maximum atomic E-state index is 13.6. The predicted molar refractivity (Wildman–Crippen MR) is 77.6 cm³/mol. The molecular weight excluding hydrogens is 323 g/mol. The third kappa shape index (κ3) is 3.43. The number of nitrogens with one attached hydrogen (secondary N) is 1. The molecule has 1 amide bonds. The van der Waals surface area contributed by atoms with Crippen molar-refractivity contribution >= 4 is 27.5 Å². The predicted octanol–water partition coefficient (Wildman–Crippen LogP) is 3.64. The second-order valence-corrected chi connectivity index (χ2v) is 5.03. The van der Waals surface area contributed by atoms with Crippen LogP contribution in [0.3, 0.4) is 0 Å². The van der Waals surface area contributed by atoms with E-state index in [4.69, 9.17) is 5.26 Å². The lowest BCUT2D eigenvalue weighted by atomic mass is 10.1. The van der Waals surface area contributed by atoms with Gasteiger partial charge in [0, 0.05) is 4.47 Å². The number of nitriles is 1. The lowest BCUT2D eigenvalue weighted by Crippen LogP contribution is -2.16. The molecule has 0 aliphatic carbocycles. The SMILES string of the molecule is N#Cc1ccccc1NC(=O)Cc1cc(Br)ccc1F. The lowest BCUT2D eigenvalue weighted by Gasteiger charge is -2.07. The van der Waals surface area contributed by atoms with Crippen molar-refractivity contribution in [1.29, 1.82) is 5.26 Å². The number of carbonyl (C=O) groups excluding carboxylic acids is 1. The molecule has 2 rings (SSSR count). The van der Waals surface area contributed by atoms with Crippen LogP contribution >= 0.6 is 15.9 Å². The molecule has 2 aromatic rings. The molecule has 1 N–H and O–H groups in total.